The minimum absolute atomic E-state index is 0.0737. The summed E-state index contributed by atoms with van der Waals surface area (Å²) in [5, 5.41) is 16.1. The number of benzene rings is 1. The lowest BCUT2D eigenvalue weighted by Crippen LogP contribution is -2.48. The van der Waals surface area contributed by atoms with Gasteiger partial charge in [0.15, 0.2) is 0 Å². The van der Waals surface area contributed by atoms with Crippen LogP contribution in [0.15, 0.2) is 24.3 Å². The second-order valence-corrected chi connectivity index (χ2v) is 7.27. The number of carbonyl (C=O) groups is 1. The molecule has 1 aliphatic carbocycles. The quantitative estimate of drug-likeness (QED) is 0.794. The van der Waals surface area contributed by atoms with Gasteiger partial charge < -0.3 is 20.5 Å². The van der Waals surface area contributed by atoms with E-state index in [1.807, 2.05) is 32.9 Å². The first-order chi connectivity index (χ1) is 10.7. The van der Waals surface area contributed by atoms with E-state index in [4.69, 9.17) is 4.74 Å². The first-order valence-corrected chi connectivity index (χ1v) is 8.29. The molecule has 1 aliphatic rings. The number of nitrogens with one attached hydrogen (secondary N) is 2. The summed E-state index contributed by atoms with van der Waals surface area (Å²) in [6, 6.07) is 7.65. The molecule has 1 saturated carbocycles. The molecule has 1 aromatic rings. The molecule has 5 nitrogen and oxygen atoms in total. The van der Waals surface area contributed by atoms with Gasteiger partial charge in [-0.25, -0.2) is 4.79 Å². The van der Waals surface area contributed by atoms with Crippen molar-refractivity contribution in [3.8, 4) is 5.75 Å². The van der Waals surface area contributed by atoms with Crippen LogP contribution in [-0.2, 0) is 4.74 Å². The Labute approximate surface area is 138 Å². The van der Waals surface area contributed by atoms with Crippen molar-refractivity contribution < 1.29 is 14.6 Å². The molecule has 3 N–H and O–H groups in total. The predicted octanol–water partition coefficient (Wildman–Crippen LogP) is 3.49. The van der Waals surface area contributed by atoms with Gasteiger partial charge in [0, 0.05) is 18.1 Å². The van der Waals surface area contributed by atoms with Crippen molar-refractivity contribution in [1.29, 1.82) is 0 Å². The molecule has 5 heteroatoms. The third kappa shape index (κ3) is 5.43. The van der Waals surface area contributed by atoms with E-state index in [2.05, 4.69) is 17.6 Å². The summed E-state index contributed by atoms with van der Waals surface area (Å²) in [5.41, 5.74) is 0.549. The molecule has 128 valence electrons. The van der Waals surface area contributed by atoms with Crippen LogP contribution >= 0.6 is 0 Å². The summed E-state index contributed by atoms with van der Waals surface area (Å²) in [7, 11) is 0. The molecule has 23 heavy (non-hydrogen) atoms. The predicted molar refractivity (Wildman–Crippen MR) is 90.5 cm³/mol. The number of aromatic hydroxyl groups is 1. The molecule has 1 aromatic carbocycles. The van der Waals surface area contributed by atoms with Crippen LogP contribution in [0, 0.1) is 0 Å². The average Bonchev–Trinajstić information content (AvgIpc) is 2.83. The summed E-state index contributed by atoms with van der Waals surface area (Å²) >= 11 is 0. The van der Waals surface area contributed by atoms with Gasteiger partial charge in [-0.05, 0) is 64.7 Å². The smallest absolute Gasteiger partial charge is 0.407 e. The van der Waals surface area contributed by atoms with Crippen LogP contribution in [0.25, 0.3) is 0 Å². The molecule has 0 radical (unpaired) electrons. The van der Waals surface area contributed by atoms with Crippen LogP contribution in [0.1, 0.15) is 58.6 Å². The normalized spacial score (nSPS) is 22.6. The van der Waals surface area contributed by atoms with E-state index in [1.165, 1.54) is 0 Å². The molecule has 0 bridgehead atoms. The maximum absolute atomic E-state index is 12.0. The number of phenolic OH excluding ortho intramolecular Hbond substituents is 1. The molecule has 0 saturated heterocycles. The Morgan fingerprint density at radius 1 is 1.30 bits per heavy atom. The van der Waals surface area contributed by atoms with Crippen LogP contribution in [0.4, 0.5) is 4.79 Å². The minimum Gasteiger partial charge on any atom is -0.508 e. The van der Waals surface area contributed by atoms with Crippen LogP contribution in [0.5, 0.6) is 5.75 Å². The third-order valence-electron chi connectivity index (χ3n) is 4.05. The van der Waals surface area contributed by atoms with Gasteiger partial charge in [0.25, 0.3) is 0 Å². The minimum atomic E-state index is -0.486. The fraction of sp³-hybridized carbons (Fsp3) is 0.611. The fourth-order valence-corrected chi connectivity index (χ4v) is 3.00. The topological polar surface area (TPSA) is 70.6 Å². The van der Waals surface area contributed by atoms with Gasteiger partial charge >= 0.3 is 6.09 Å². The molecule has 1 amide bonds. The maximum Gasteiger partial charge on any atom is 0.407 e. The van der Waals surface area contributed by atoms with E-state index >= 15 is 0 Å². The highest BCUT2D eigenvalue weighted by atomic mass is 16.6. The molecule has 2 rings (SSSR count). The SMILES string of the molecule is CC(NC1CCCC1NC(=O)OC(C)(C)C)c1cccc(O)c1. The monoisotopic (exact) mass is 320 g/mol. The molecule has 3 atom stereocenters. The Kier molecular flexibility index (Phi) is 5.52. The number of carbonyl (C=O) groups excluding carboxylic acids is 1. The molecular formula is C18H28N2O3. The van der Waals surface area contributed by atoms with Gasteiger partial charge in [-0.3, -0.25) is 0 Å². The van der Waals surface area contributed by atoms with E-state index in [0.717, 1.165) is 24.8 Å². The summed E-state index contributed by atoms with van der Waals surface area (Å²) in [5.74, 6) is 0.269. The number of rotatable bonds is 4. The van der Waals surface area contributed by atoms with Crippen LogP contribution in [-0.4, -0.2) is 28.9 Å². The average molecular weight is 320 g/mol. The van der Waals surface area contributed by atoms with Crippen molar-refractivity contribution in [1.82, 2.24) is 10.6 Å². The van der Waals surface area contributed by atoms with Gasteiger partial charge in [0.1, 0.15) is 11.4 Å². The summed E-state index contributed by atoms with van der Waals surface area (Å²) in [4.78, 5) is 12.0. The number of alkyl carbamates (subject to hydrolysis) is 1. The zero-order valence-electron chi connectivity index (χ0n) is 14.4. The fourth-order valence-electron chi connectivity index (χ4n) is 3.00. The summed E-state index contributed by atoms with van der Waals surface area (Å²) in [6.07, 6.45) is 2.68. The van der Waals surface area contributed by atoms with Gasteiger partial charge in [0.2, 0.25) is 0 Å². The van der Waals surface area contributed by atoms with Crippen molar-refractivity contribution in [2.24, 2.45) is 0 Å². The number of ether oxygens (including phenoxy) is 1. The Hall–Kier alpha value is -1.75. The second-order valence-electron chi connectivity index (χ2n) is 7.27. The van der Waals surface area contributed by atoms with Crippen LogP contribution < -0.4 is 10.6 Å². The molecule has 3 unspecified atom stereocenters. The second kappa shape index (κ2) is 7.21. The first kappa shape index (κ1) is 17.6. The first-order valence-electron chi connectivity index (χ1n) is 8.29. The highest BCUT2D eigenvalue weighted by molar-refractivity contribution is 5.68. The molecule has 0 heterocycles. The lowest BCUT2D eigenvalue weighted by atomic mass is 10.1. The number of hydrogen-bond donors (Lipinski definition) is 3. The third-order valence-corrected chi connectivity index (χ3v) is 4.05. The van der Waals surface area contributed by atoms with Gasteiger partial charge in [-0.1, -0.05) is 12.1 Å². The molecule has 1 fully saturated rings. The van der Waals surface area contributed by atoms with Crippen LogP contribution in [0.2, 0.25) is 0 Å². The maximum atomic E-state index is 12.0. The Morgan fingerprint density at radius 2 is 2.00 bits per heavy atom. The lowest BCUT2D eigenvalue weighted by molar-refractivity contribution is 0.0497. The van der Waals surface area contributed by atoms with Gasteiger partial charge in [-0.15, -0.1) is 0 Å². The number of phenols is 1. The van der Waals surface area contributed by atoms with Gasteiger partial charge in [-0.2, -0.15) is 0 Å². The zero-order valence-corrected chi connectivity index (χ0v) is 14.4. The Balaban J connectivity index is 1.92. The number of amides is 1. The molecule has 0 spiro atoms. The van der Waals surface area contributed by atoms with E-state index in [-0.39, 0.29) is 30.0 Å². The highest BCUT2D eigenvalue weighted by Crippen LogP contribution is 2.24. The Bertz CT molecular complexity index is 539. The van der Waals surface area contributed by atoms with Crippen molar-refractivity contribution in [3.63, 3.8) is 0 Å². The van der Waals surface area contributed by atoms with E-state index in [9.17, 15) is 9.90 Å². The highest BCUT2D eigenvalue weighted by Gasteiger charge is 2.31. The number of hydrogen-bond acceptors (Lipinski definition) is 4. The summed E-state index contributed by atoms with van der Waals surface area (Å²) in [6.45, 7) is 7.65. The Morgan fingerprint density at radius 3 is 2.65 bits per heavy atom. The van der Waals surface area contributed by atoms with Crippen molar-refractivity contribution in [3.05, 3.63) is 29.8 Å². The van der Waals surface area contributed by atoms with Crippen LogP contribution in [0.3, 0.4) is 0 Å². The van der Waals surface area contributed by atoms with E-state index < -0.39 is 5.60 Å². The van der Waals surface area contributed by atoms with E-state index in [1.54, 1.807) is 12.1 Å². The molecule has 0 aromatic heterocycles. The largest absolute Gasteiger partial charge is 0.508 e. The van der Waals surface area contributed by atoms with Gasteiger partial charge in [0.05, 0.1) is 0 Å². The zero-order chi connectivity index (χ0) is 17.0. The van der Waals surface area contributed by atoms with Crippen molar-refractivity contribution >= 4 is 6.09 Å². The lowest BCUT2D eigenvalue weighted by Gasteiger charge is -2.27. The van der Waals surface area contributed by atoms with E-state index in [0.29, 0.717) is 0 Å². The van der Waals surface area contributed by atoms with Crippen molar-refractivity contribution in [2.45, 2.75) is 70.7 Å². The molecular weight excluding hydrogens is 292 g/mol. The summed E-state index contributed by atoms with van der Waals surface area (Å²) < 4.78 is 5.34. The van der Waals surface area contributed by atoms with Crippen molar-refractivity contribution in [2.75, 3.05) is 0 Å². The molecule has 0 aliphatic heterocycles. The standard InChI is InChI=1S/C18H28N2O3/c1-12(13-7-5-8-14(21)11-13)19-15-9-6-10-16(15)20-17(22)23-18(2,3)4/h5,7-8,11-12,15-16,19,21H,6,9-10H2,1-4H3,(H,20,22).